The molecular formula is C12H16F2N2O. The molecule has 0 aliphatic rings. The van der Waals surface area contributed by atoms with Crippen LogP contribution in [0.4, 0.5) is 14.5 Å². The lowest BCUT2D eigenvalue weighted by atomic mass is 10.2. The SMILES string of the molecule is CCCC(=O)N(CCN)c1ccc(F)c(F)c1. The molecule has 0 aliphatic heterocycles. The number of rotatable bonds is 5. The first-order valence-corrected chi connectivity index (χ1v) is 5.55. The molecule has 0 saturated carbocycles. The van der Waals surface area contributed by atoms with E-state index in [1.54, 1.807) is 0 Å². The van der Waals surface area contributed by atoms with Crippen molar-refractivity contribution in [1.29, 1.82) is 0 Å². The predicted molar refractivity (Wildman–Crippen MR) is 62.7 cm³/mol. The number of anilines is 1. The van der Waals surface area contributed by atoms with Crippen LogP contribution in [0.3, 0.4) is 0 Å². The standard InChI is InChI=1S/C12H16F2N2O/c1-2-3-12(17)16(7-6-15)9-4-5-10(13)11(14)8-9/h4-5,8H,2-3,6-7,15H2,1H3. The summed E-state index contributed by atoms with van der Waals surface area (Å²) in [5, 5.41) is 0. The molecule has 5 heteroatoms. The Bertz CT molecular complexity index is 396. The van der Waals surface area contributed by atoms with Gasteiger partial charge in [-0.2, -0.15) is 0 Å². The second-order valence-electron chi connectivity index (χ2n) is 3.68. The van der Waals surface area contributed by atoms with E-state index in [2.05, 4.69) is 0 Å². The monoisotopic (exact) mass is 242 g/mol. The maximum Gasteiger partial charge on any atom is 0.227 e. The molecule has 1 aromatic carbocycles. The van der Waals surface area contributed by atoms with Gasteiger partial charge in [-0.1, -0.05) is 6.92 Å². The Balaban J connectivity index is 2.96. The Kier molecular flexibility index (Phi) is 5.03. The summed E-state index contributed by atoms with van der Waals surface area (Å²) in [6.07, 6.45) is 1.06. The molecule has 0 saturated heterocycles. The number of hydrogen-bond acceptors (Lipinski definition) is 2. The van der Waals surface area contributed by atoms with Gasteiger partial charge in [-0.05, 0) is 18.6 Å². The van der Waals surface area contributed by atoms with Crippen LogP contribution < -0.4 is 10.6 Å². The number of nitrogens with zero attached hydrogens (tertiary/aromatic N) is 1. The fraction of sp³-hybridized carbons (Fsp3) is 0.417. The first-order chi connectivity index (χ1) is 8.10. The number of carbonyl (C=O) groups is 1. The molecule has 1 rings (SSSR count). The van der Waals surface area contributed by atoms with Crippen LogP contribution in [0.2, 0.25) is 0 Å². The minimum atomic E-state index is -0.964. The van der Waals surface area contributed by atoms with Crippen molar-refractivity contribution in [1.82, 2.24) is 0 Å². The maximum absolute atomic E-state index is 13.1. The summed E-state index contributed by atoms with van der Waals surface area (Å²) in [4.78, 5) is 13.2. The number of halogens is 2. The highest BCUT2D eigenvalue weighted by molar-refractivity contribution is 5.93. The van der Waals surface area contributed by atoms with E-state index in [1.165, 1.54) is 11.0 Å². The molecule has 1 amide bonds. The van der Waals surface area contributed by atoms with Gasteiger partial charge in [0.05, 0.1) is 0 Å². The third-order valence-corrected chi connectivity index (χ3v) is 2.33. The average Bonchev–Trinajstić information content (AvgIpc) is 2.30. The van der Waals surface area contributed by atoms with Crippen molar-refractivity contribution in [3.05, 3.63) is 29.8 Å². The Hall–Kier alpha value is -1.49. The van der Waals surface area contributed by atoms with Crippen LogP contribution in [-0.2, 0) is 4.79 Å². The van der Waals surface area contributed by atoms with Crippen LogP contribution >= 0.6 is 0 Å². The van der Waals surface area contributed by atoms with Crippen LogP contribution in [0.5, 0.6) is 0 Å². The Morgan fingerprint density at radius 1 is 1.35 bits per heavy atom. The van der Waals surface area contributed by atoms with E-state index in [0.29, 0.717) is 25.1 Å². The van der Waals surface area contributed by atoms with Crippen molar-refractivity contribution in [3.63, 3.8) is 0 Å². The van der Waals surface area contributed by atoms with Crippen molar-refractivity contribution in [3.8, 4) is 0 Å². The fourth-order valence-electron chi connectivity index (χ4n) is 1.53. The molecule has 0 bridgehead atoms. The normalized spacial score (nSPS) is 10.4. The summed E-state index contributed by atoms with van der Waals surface area (Å²) in [5.41, 5.74) is 5.75. The Morgan fingerprint density at radius 2 is 2.06 bits per heavy atom. The number of carbonyl (C=O) groups excluding carboxylic acids is 1. The number of amides is 1. The molecule has 94 valence electrons. The van der Waals surface area contributed by atoms with Gasteiger partial charge in [0, 0.05) is 31.3 Å². The predicted octanol–water partition coefficient (Wildman–Crippen LogP) is 2.06. The Labute approximate surface area is 99.2 Å². The van der Waals surface area contributed by atoms with E-state index in [0.717, 1.165) is 12.1 Å². The highest BCUT2D eigenvalue weighted by Gasteiger charge is 2.15. The molecular weight excluding hydrogens is 226 g/mol. The molecule has 0 unspecified atom stereocenters. The van der Waals surface area contributed by atoms with E-state index >= 15 is 0 Å². The lowest BCUT2D eigenvalue weighted by Gasteiger charge is -2.22. The lowest BCUT2D eigenvalue weighted by molar-refractivity contribution is -0.118. The van der Waals surface area contributed by atoms with Crippen molar-refractivity contribution < 1.29 is 13.6 Å². The fourth-order valence-corrected chi connectivity index (χ4v) is 1.53. The zero-order valence-electron chi connectivity index (χ0n) is 9.75. The maximum atomic E-state index is 13.1. The van der Waals surface area contributed by atoms with Gasteiger partial charge in [-0.15, -0.1) is 0 Å². The van der Waals surface area contributed by atoms with Crippen molar-refractivity contribution in [2.45, 2.75) is 19.8 Å². The zero-order valence-corrected chi connectivity index (χ0v) is 9.75. The smallest absolute Gasteiger partial charge is 0.227 e. The minimum Gasteiger partial charge on any atom is -0.329 e. The van der Waals surface area contributed by atoms with Crippen LogP contribution in [0.1, 0.15) is 19.8 Å². The Morgan fingerprint density at radius 3 is 2.59 bits per heavy atom. The average molecular weight is 242 g/mol. The summed E-state index contributed by atoms with van der Waals surface area (Å²) in [6.45, 7) is 2.45. The number of nitrogens with two attached hydrogens (primary N) is 1. The van der Waals surface area contributed by atoms with Gasteiger partial charge in [0.25, 0.3) is 0 Å². The van der Waals surface area contributed by atoms with Crippen molar-refractivity contribution in [2.24, 2.45) is 5.73 Å². The summed E-state index contributed by atoms with van der Waals surface area (Å²) in [7, 11) is 0. The quantitative estimate of drug-likeness (QED) is 0.859. The zero-order chi connectivity index (χ0) is 12.8. The summed E-state index contributed by atoms with van der Waals surface area (Å²) in [5.74, 6) is -2.03. The second kappa shape index (κ2) is 6.30. The molecule has 2 N–H and O–H groups in total. The third-order valence-electron chi connectivity index (χ3n) is 2.33. The van der Waals surface area contributed by atoms with E-state index in [-0.39, 0.29) is 12.5 Å². The molecule has 0 heterocycles. The van der Waals surface area contributed by atoms with E-state index in [1.807, 2.05) is 6.92 Å². The molecule has 0 aromatic heterocycles. The summed E-state index contributed by atoms with van der Waals surface area (Å²) >= 11 is 0. The van der Waals surface area contributed by atoms with Gasteiger partial charge in [-0.3, -0.25) is 4.79 Å². The summed E-state index contributed by atoms with van der Waals surface area (Å²) in [6, 6.07) is 3.40. The van der Waals surface area contributed by atoms with Gasteiger partial charge in [0.2, 0.25) is 5.91 Å². The highest BCUT2D eigenvalue weighted by atomic mass is 19.2. The van der Waals surface area contributed by atoms with Crippen molar-refractivity contribution in [2.75, 3.05) is 18.0 Å². The summed E-state index contributed by atoms with van der Waals surface area (Å²) < 4.78 is 25.9. The van der Waals surface area contributed by atoms with E-state index < -0.39 is 11.6 Å². The molecule has 17 heavy (non-hydrogen) atoms. The topological polar surface area (TPSA) is 46.3 Å². The molecule has 0 atom stereocenters. The molecule has 3 nitrogen and oxygen atoms in total. The number of hydrogen-bond donors (Lipinski definition) is 1. The van der Waals surface area contributed by atoms with E-state index in [4.69, 9.17) is 5.73 Å². The highest BCUT2D eigenvalue weighted by Crippen LogP contribution is 2.18. The molecule has 0 spiro atoms. The van der Waals surface area contributed by atoms with Gasteiger partial charge < -0.3 is 10.6 Å². The minimum absolute atomic E-state index is 0.135. The van der Waals surface area contributed by atoms with Crippen LogP contribution in [0.25, 0.3) is 0 Å². The van der Waals surface area contributed by atoms with Crippen molar-refractivity contribution >= 4 is 11.6 Å². The lowest BCUT2D eigenvalue weighted by Crippen LogP contribution is -2.35. The second-order valence-corrected chi connectivity index (χ2v) is 3.68. The third kappa shape index (κ3) is 3.49. The van der Waals surface area contributed by atoms with Gasteiger partial charge in [-0.25, -0.2) is 8.78 Å². The van der Waals surface area contributed by atoms with Gasteiger partial charge in [0.1, 0.15) is 0 Å². The van der Waals surface area contributed by atoms with Crippen LogP contribution in [0.15, 0.2) is 18.2 Å². The first kappa shape index (κ1) is 13.6. The van der Waals surface area contributed by atoms with Gasteiger partial charge >= 0.3 is 0 Å². The first-order valence-electron chi connectivity index (χ1n) is 5.55. The molecule has 0 fully saturated rings. The largest absolute Gasteiger partial charge is 0.329 e. The van der Waals surface area contributed by atoms with Gasteiger partial charge in [0.15, 0.2) is 11.6 Å². The number of benzene rings is 1. The molecule has 0 radical (unpaired) electrons. The molecule has 0 aliphatic carbocycles. The van der Waals surface area contributed by atoms with E-state index in [9.17, 15) is 13.6 Å². The van der Waals surface area contributed by atoms with Crippen LogP contribution in [0, 0.1) is 11.6 Å². The van der Waals surface area contributed by atoms with Crippen LogP contribution in [-0.4, -0.2) is 19.0 Å². The molecule has 1 aromatic rings.